The fraction of sp³-hybridized carbons (Fsp3) is 0.984. The fourth-order valence-corrected chi connectivity index (χ4v) is 10.9. The number of carbonyl (C=O) groups excluding carboxylic acids is 1. The zero-order valence-corrected chi connectivity index (χ0v) is 48.1. The van der Waals surface area contributed by atoms with Crippen LogP contribution in [0.5, 0.6) is 0 Å². The number of nitrogens with one attached hydrogen (secondary N) is 1. The first-order valence-electron chi connectivity index (χ1n) is 31.8. The van der Waals surface area contributed by atoms with Crippen LogP contribution in [-0.2, 0) is 23.7 Å². The quantitative estimate of drug-likeness (QED) is 0.0259. The van der Waals surface area contributed by atoms with Crippen LogP contribution in [0, 0.1) is 0 Å². The Labute approximate surface area is 457 Å². The molecule has 2 aliphatic heterocycles. The third-order valence-electron chi connectivity index (χ3n) is 16.1. The molecule has 0 aromatic rings. The lowest BCUT2D eigenvalue weighted by atomic mass is 9.97. The minimum atomic E-state index is -1.78. The lowest BCUT2D eigenvalue weighted by molar-refractivity contribution is -0.359. The number of carbonyl (C=O) groups is 1. The molecule has 0 bridgehead atoms. The van der Waals surface area contributed by atoms with Crippen molar-refractivity contribution in [1.82, 2.24) is 5.32 Å². The van der Waals surface area contributed by atoms with Gasteiger partial charge in [-0.2, -0.15) is 0 Å². The molecule has 0 spiro atoms. The monoisotopic (exact) mass is 1070 g/mol. The predicted molar refractivity (Wildman–Crippen MR) is 300 cm³/mol. The van der Waals surface area contributed by atoms with Crippen molar-refractivity contribution in [3.05, 3.63) is 0 Å². The summed E-state index contributed by atoms with van der Waals surface area (Å²) >= 11 is 0. The summed E-state index contributed by atoms with van der Waals surface area (Å²) in [5.41, 5.74) is 0. The largest absolute Gasteiger partial charge is 0.394 e. The topological polar surface area (TPSA) is 228 Å². The zero-order valence-electron chi connectivity index (χ0n) is 48.1. The summed E-state index contributed by atoms with van der Waals surface area (Å²) in [6.07, 6.45) is 37.3. The summed E-state index contributed by atoms with van der Waals surface area (Å²) in [6.45, 7) is 2.86. The molecule has 12 unspecified atom stereocenters. The Morgan fingerprint density at radius 2 is 0.760 bits per heavy atom. The SMILES string of the molecule is CCCCCCCCCCCCCCCCCCCCCCCCCCCCCCCCCCC(=O)NC(COC1OC(CO)C(OC2OC(CO)C(O)C(O)C2O)C(O)C1O)C(O)CCCCCCCCCCC. The zero-order chi connectivity index (χ0) is 54.6. The van der Waals surface area contributed by atoms with E-state index < -0.39 is 86.8 Å². The number of rotatable bonds is 52. The van der Waals surface area contributed by atoms with Crippen LogP contribution >= 0.6 is 0 Å². The van der Waals surface area contributed by atoms with Crippen molar-refractivity contribution >= 4 is 5.91 Å². The summed E-state index contributed by atoms with van der Waals surface area (Å²) in [7, 11) is 0. The molecule has 0 saturated carbocycles. The number of aliphatic hydroxyl groups excluding tert-OH is 8. The average molecular weight is 1070 g/mol. The second kappa shape index (κ2) is 47.8. The van der Waals surface area contributed by atoms with Gasteiger partial charge in [0.2, 0.25) is 5.91 Å². The highest BCUT2D eigenvalue weighted by molar-refractivity contribution is 5.76. The van der Waals surface area contributed by atoms with Gasteiger partial charge in [-0.3, -0.25) is 4.79 Å². The molecule has 0 aromatic heterocycles. The molecule has 1 amide bonds. The molecule has 14 heteroatoms. The maximum Gasteiger partial charge on any atom is 0.220 e. The summed E-state index contributed by atoms with van der Waals surface area (Å²) in [5.74, 6) is -0.202. The summed E-state index contributed by atoms with van der Waals surface area (Å²) in [6, 6.07) is -0.821. The van der Waals surface area contributed by atoms with E-state index in [0.717, 1.165) is 51.4 Å². The van der Waals surface area contributed by atoms with E-state index in [9.17, 15) is 45.6 Å². The number of unbranched alkanes of at least 4 members (excludes halogenated alkanes) is 39. The van der Waals surface area contributed by atoms with Crippen molar-refractivity contribution in [2.45, 2.75) is 364 Å². The maximum atomic E-state index is 13.2. The minimum absolute atomic E-state index is 0.202. The molecule has 446 valence electrons. The molecule has 9 N–H and O–H groups in total. The molecule has 2 heterocycles. The van der Waals surface area contributed by atoms with Gasteiger partial charge in [-0.1, -0.05) is 271 Å². The van der Waals surface area contributed by atoms with E-state index in [1.54, 1.807) is 0 Å². The van der Waals surface area contributed by atoms with Gasteiger partial charge in [0.15, 0.2) is 12.6 Å². The molecule has 0 radical (unpaired) electrons. The van der Waals surface area contributed by atoms with Gasteiger partial charge < -0.3 is 65.1 Å². The molecule has 2 fully saturated rings. The van der Waals surface area contributed by atoms with E-state index in [1.165, 1.54) is 212 Å². The first-order valence-corrected chi connectivity index (χ1v) is 31.8. The summed E-state index contributed by atoms with van der Waals surface area (Å²) < 4.78 is 22.8. The van der Waals surface area contributed by atoms with Crippen molar-refractivity contribution in [2.24, 2.45) is 0 Å². The molecule has 0 aromatic carbocycles. The Hall–Kier alpha value is -1.01. The normalized spacial score (nSPS) is 24.9. The second-order valence-corrected chi connectivity index (χ2v) is 22.9. The number of amides is 1. The van der Waals surface area contributed by atoms with Gasteiger partial charge in [-0.05, 0) is 12.8 Å². The number of aliphatic hydroxyl groups is 8. The highest BCUT2D eigenvalue weighted by Gasteiger charge is 2.51. The Bertz CT molecular complexity index is 1270. The van der Waals surface area contributed by atoms with Gasteiger partial charge in [-0.15, -0.1) is 0 Å². The standard InChI is InChI=1S/C61H119NO13/c1-3-5-7-9-11-13-14-15-16-17-18-19-20-21-22-23-24-25-26-27-28-29-30-31-32-33-34-35-37-39-41-43-45-53(66)62-49(50(65)44-42-40-38-36-12-10-8-6-4-2)48-72-60-58(71)56(69)59(52(47-64)74-60)75-61-57(70)55(68)54(67)51(46-63)73-61/h49-52,54-61,63-65,67-71H,3-48H2,1-2H3,(H,62,66). The number of hydrogen-bond donors (Lipinski definition) is 9. The van der Waals surface area contributed by atoms with Crippen LogP contribution in [0.4, 0.5) is 0 Å². The van der Waals surface area contributed by atoms with E-state index in [-0.39, 0.29) is 12.5 Å². The van der Waals surface area contributed by atoms with Crippen molar-refractivity contribution in [3.63, 3.8) is 0 Å². The number of hydrogen-bond acceptors (Lipinski definition) is 13. The Balaban J connectivity index is 1.57. The highest BCUT2D eigenvalue weighted by atomic mass is 16.7. The average Bonchev–Trinajstić information content (AvgIpc) is 3.41. The summed E-state index contributed by atoms with van der Waals surface area (Å²) in [5, 5.41) is 87.0. The minimum Gasteiger partial charge on any atom is -0.394 e. The molecular weight excluding hydrogens is 955 g/mol. The van der Waals surface area contributed by atoms with Gasteiger partial charge in [0.25, 0.3) is 0 Å². The smallest absolute Gasteiger partial charge is 0.220 e. The van der Waals surface area contributed by atoms with Gasteiger partial charge in [0, 0.05) is 6.42 Å². The van der Waals surface area contributed by atoms with E-state index in [0.29, 0.717) is 12.8 Å². The highest BCUT2D eigenvalue weighted by Crippen LogP contribution is 2.30. The molecule has 2 saturated heterocycles. The van der Waals surface area contributed by atoms with Crippen LogP contribution in [-0.4, -0.2) is 140 Å². The van der Waals surface area contributed by atoms with E-state index in [1.807, 2.05) is 0 Å². The van der Waals surface area contributed by atoms with Crippen LogP contribution in [0.25, 0.3) is 0 Å². The first kappa shape index (κ1) is 70.1. The van der Waals surface area contributed by atoms with Gasteiger partial charge >= 0.3 is 0 Å². The molecule has 2 aliphatic rings. The fourth-order valence-electron chi connectivity index (χ4n) is 10.9. The molecular formula is C61H119NO13. The predicted octanol–water partition coefficient (Wildman–Crippen LogP) is 11.3. The van der Waals surface area contributed by atoms with Crippen LogP contribution < -0.4 is 5.32 Å². The van der Waals surface area contributed by atoms with Crippen molar-refractivity contribution in [1.29, 1.82) is 0 Å². The van der Waals surface area contributed by atoms with Crippen LogP contribution in [0.1, 0.15) is 290 Å². The Kier molecular flexibility index (Phi) is 44.6. The van der Waals surface area contributed by atoms with Crippen LogP contribution in [0.2, 0.25) is 0 Å². The van der Waals surface area contributed by atoms with Gasteiger partial charge in [-0.25, -0.2) is 0 Å². The van der Waals surface area contributed by atoms with Crippen molar-refractivity contribution in [3.8, 4) is 0 Å². The molecule has 75 heavy (non-hydrogen) atoms. The Morgan fingerprint density at radius 3 is 1.13 bits per heavy atom. The second-order valence-electron chi connectivity index (χ2n) is 22.9. The first-order chi connectivity index (χ1) is 36.6. The molecule has 0 aliphatic carbocycles. The third kappa shape index (κ3) is 33.4. The lowest BCUT2D eigenvalue weighted by Crippen LogP contribution is -2.65. The molecule has 14 nitrogen and oxygen atoms in total. The Morgan fingerprint density at radius 1 is 0.427 bits per heavy atom. The van der Waals surface area contributed by atoms with Crippen molar-refractivity contribution < 1.29 is 64.6 Å². The summed E-state index contributed by atoms with van der Waals surface area (Å²) in [4.78, 5) is 13.2. The third-order valence-corrected chi connectivity index (χ3v) is 16.1. The van der Waals surface area contributed by atoms with Gasteiger partial charge in [0.05, 0.1) is 32.0 Å². The van der Waals surface area contributed by atoms with E-state index in [2.05, 4.69) is 19.2 Å². The van der Waals surface area contributed by atoms with Crippen LogP contribution in [0.15, 0.2) is 0 Å². The van der Waals surface area contributed by atoms with Gasteiger partial charge in [0.1, 0.15) is 48.8 Å². The molecule has 2 rings (SSSR count). The van der Waals surface area contributed by atoms with Crippen LogP contribution in [0.3, 0.4) is 0 Å². The molecule has 12 atom stereocenters. The van der Waals surface area contributed by atoms with Crippen molar-refractivity contribution in [2.75, 3.05) is 19.8 Å². The maximum absolute atomic E-state index is 13.2. The number of ether oxygens (including phenoxy) is 4. The van der Waals surface area contributed by atoms with E-state index in [4.69, 9.17) is 18.9 Å². The lowest BCUT2D eigenvalue weighted by Gasteiger charge is -2.46. The van der Waals surface area contributed by atoms with E-state index >= 15 is 0 Å².